The van der Waals surface area contributed by atoms with E-state index in [0.29, 0.717) is 11.4 Å². The van der Waals surface area contributed by atoms with Gasteiger partial charge in [0.25, 0.3) is 10.0 Å². The average Bonchev–Trinajstić information content (AvgIpc) is 2.69. The molecule has 150 valence electrons. The fraction of sp³-hybridized carbons (Fsp3) is 0.136. The summed E-state index contributed by atoms with van der Waals surface area (Å²) in [5.41, 5.74) is 3.02. The molecule has 0 heterocycles. The number of benzene rings is 3. The summed E-state index contributed by atoms with van der Waals surface area (Å²) in [4.78, 5) is 12.8. The maximum absolute atomic E-state index is 13.3. The molecule has 5 nitrogen and oxygen atoms in total. The zero-order chi connectivity index (χ0) is 21.0. The fourth-order valence-corrected chi connectivity index (χ4v) is 4.65. The lowest BCUT2D eigenvalue weighted by molar-refractivity contribution is -0.114. The van der Waals surface area contributed by atoms with Crippen molar-refractivity contribution in [1.29, 1.82) is 0 Å². The van der Waals surface area contributed by atoms with Gasteiger partial charge in [-0.2, -0.15) is 0 Å². The monoisotopic (exact) mass is 472 g/mol. The van der Waals surface area contributed by atoms with Gasteiger partial charge in [-0.3, -0.25) is 9.10 Å². The Kier molecular flexibility index (Phi) is 6.39. The number of hydrogen-bond donors (Lipinski definition) is 1. The van der Waals surface area contributed by atoms with Gasteiger partial charge in [-0.05, 0) is 67.4 Å². The van der Waals surface area contributed by atoms with Crippen molar-refractivity contribution in [3.8, 4) is 0 Å². The van der Waals surface area contributed by atoms with E-state index in [0.717, 1.165) is 19.9 Å². The van der Waals surface area contributed by atoms with Gasteiger partial charge in [0, 0.05) is 10.2 Å². The minimum absolute atomic E-state index is 0.133. The molecule has 0 aliphatic carbocycles. The molecule has 0 aliphatic rings. The molecule has 7 heteroatoms. The predicted molar refractivity (Wildman–Crippen MR) is 120 cm³/mol. The maximum atomic E-state index is 13.3. The van der Waals surface area contributed by atoms with Gasteiger partial charge in [-0.25, -0.2) is 8.42 Å². The predicted octanol–water partition coefficient (Wildman–Crippen LogP) is 4.90. The van der Waals surface area contributed by atoms with Crippen LogP contribution in [0.4, 0.5) is 11.4 Å². The Balaban J connectivity index is 1.96. The van der Waals surface area contributed by atoms with Gasteiger partial charge in [0.1, 0.15) is 6.54 Å². The summed E-state index contributed by atoms with van der Waals surface area (Å²) in [6.45, 7) is 3.52. The molecule has 0 atom stereocenters. The van der Waals surface area contributed by atoms with Crippen LogP contribution >= 0.6 is 15.9 Å². The number of nitrogens with one attached hydrogen (secondary N) is 1. The second-order valence-corrected chi connectivity index (χ2v) is 9.43. The van der Waals surface area contributed by atoms with Crippen LogP contribution in [0, 0.1) is 13.8 Å². The van der Waals surface area contributed by atoms with Crippen molar-refractivity contribution in [1.82, 2.24) is 0 Å². The Labute approximate surface area is 179 Å². The quantitative estimate of drug-likeness (QED) is 0.554. The molecule has 1 amide bonds. The fourth-order valence-electron chi connectivity index (χ4n) is 2.81. The van der Waals surface area contributed by atoms with Crippen LogP contribution < -0.4 is 9.62 Å². The van der Waals surface area contributed by atoms with E-state index in [9.17, 15) is 13.2 Å². The van der Waals surface area contributed by atoms with E-state index >= 15 is 0 Å². The lowest BCUT2D eigenvalue weighted by Gasteiger charge is -2.25. The molecule has 3 aromatic carbocycles. The summed E-state index contributed by atoms with van der Waals surface area (Å²) in [6, 6.07) is 20.6. The average molecular weight is 473 g/mol. The smallest absolute Gasteiger partial charge is 0.264 e. The van der Waals surface area contributed by atoms with Crippen LogP contribution in [0.1, 0.15) is 11.1 Å². The van der Waals surface area contributed by atoms with Crippen molar-refractivity contribution in [2.45, 2.75) is 18.7 Å². The van der Waals surface area contributed by atoms with Crippen molar-refractivity contribution < 1.29 is 13.2 Å². The van der Waals surface area contributed by atoms with Gasteiger partial charge in [-0.1, -0.05) is 46.3 Å². The number of carbonyl (C=O) groups excluding carboxylic acids is 1. The van der Waals surface area contributed by atoms with Crippen LogP contribution in [-0.2, 0) is 14.8 Å². The summed E-state index contributed by atoms with van der Waals surface area (Å²) in [5.74, 6) is -0.430. The second kappa shape index (κ2) is 8.80. The number of carbonyl (C=O) groups is 1. The van der Waals surface area contributed by atoms with Crippen LogP contribution in [0.3, 0.4) is 0 Å². The highest BCUT2D eigenvalue weighted by atomic mass is 79.9. The third kappa shape index (κ3) is 5.05. The lowest BCUT2D eigenvalue weighted by Crippen LogP contribution is -2.38. The van der Waals surface area contributed by atoms with Crippen LogP contribution in [0.15, 0.2) is 82.2 Å². The first-order valence-corrected chi connectivity index (χ1v) is 11.2. The SMILES string of the molecule is Cc1ccc(N(CC(=O)Nc2cccc(Br)c2)S(=O)(=O)c2ccccc2)cc1C. The Hall–Kier alpha value is -2.64. The largest absolute Gasteiger partial charge is 0.324 e. The number of aryl methyl sites for hydroxylation is 2. The van der Waals surface area contributed by atoms with E-state index in [1.165, 1.54) is 12.1 Å². The van der Waals surface area contributed by atoms with Gasteiger partial charge in [-0.15, -0.1) is 0 Å². The van der Waals surface area contributed by atoms with Gasteiger partial charge in [0.05, 0.1) is 10.6 Å². The van der Waals surface area contributed by atoms with E-state index in [1.54, 1.807) is 48.5 Å². The van der Waals surface area contributed by atoms with Gasteiger partial charge in [0.2, 0.25) is 5.91 Å². The van der Waals surface area contributed by atoms with Crippen LogP contribution in [0.2, 0.25) is 0 Å². The molecule has 0 spiro atoms. The molecule has 1 N–H and O–H groups in total. The van der Waals surface area contributed by atoms with Crippen molar-refractivity contribution >= 4 is 43.2 Å². The van der Waals surface area contributed by atoms with Crippen molar-refractivity contribution in [2.24, 2.45) is 0 Å². The van der Waals surface area contributed by atoms with E-state index < -0.39 is 15.9 Å². The molecule has 0 saturated carbocycles. The van der Waals surface area contributed by atoms with E-state index in [1.807, 2.05) is 26.0 Å². The van der Waals surface area contributed by atoms with Crippen molar-refractivity contribution in [3.63, 3.8) is 0 Å². The summed E-state index contributed by atoms with van der Waals surface area (Å²) in [5, 5.41) is 2.76. The summed E-state index contributed by atoms with van der Waals surface area (Å²) in [7, 11) is -3.92. The number of nitrogens with zero attached hydrogens (tertiary/aromatic N) is 1. The van der Waals surface area contributed by atoms with Crippen molar-refractivity contribution in [3.05, 3.63) is 88.4 Å². The van der Waals surface area contributed by atoms with Gasteiger partial charge >= 0.3 is 0 Å². The Morgan fingerprint density at radius 2 is 1.66 bits per heavy atom. The third-order valence-electron chi connectivity index (χ3n) is 4.51. The van der Waals surface area contributed by atoms with Gasteiger partial charge in [0.15, 0.2) is 0 Å². The number of rotatable bonds is 6. The number of halogens is 1. The van der Waals surface area contributed by atoms with Crippen molar-refractivity contribution in [2.75, 3.05) is 16.2 Å². The van der Waals surface area contributed by atoms with Crippen LogP contribution in [0.25, 0.3) is 0 Å². The number of amides is 1. The molecular weight excluding hydrogens is 452 g/mol. The highest BCUT2D eigenvalue weighted by molar-refractivity contribution is 9.10. The third-order valence-corrected chi connectivity index (χ3v) is 6.79. The summed E-state index contributed by atoms with van der Waals surface area (Å²) in [6.07, 6.45) is 0. The highest BCUT2D eigenvalue weighted by Crippen LogP contribution is 2.26. The zero-order valence-electron chi connectivity index (χ0n) is 16.1. The first-order valence-electron chi connectivity index (χ1n) is 8.98. The minimum atomic E-state index is -3.92. The molecule has 0 aliphatic heterocycles. The Bertz CT molecular complexity index is 1130. The normalized spacial score (nSPS) is 11.1. The van der Waals surface area contributed by atoms with Gasteiger partial charge < -0.3 is 5.32 Å². The number of hydrogen-bond acceptors (Lipinski definition) is 3. The molecule has 29 heavy (non-hydrogen) atoms. The number of sulfonamides is 1. The molecule has 3 rings (SSSR count). The Morgan fingerprint density at radius 3 is 2.31 bits per heavy atom. The number of anilines is 2. The Morgan fingerprint density at radius 1 is 0.931 bits per heavy atom. The summed E-state index contributed by atoms with van der Waals surface area (Å²) < 4.78 is 28.6. The highest BCUT2D eigenvalue weighted by Gasteiger charge is 2.27. The molecule has 0 bridgehead atoms. The van der Waals surface area contributed by atoms with E-state index in [-0.39, 0.29) is 11.4 Å². The molecule has 0 aromatic heterocycles. The molecule has 3 aromatic rings. The molecule has 0 radical (unpaired) electrons. The first kappa shape index (κ1) is 21.1. The van der Waals surface area contributed by atoms with Crippen LogP contribution in [-0.4, -0.2) is 20.9 Å². The standard InChI is InChI=1S/C22H21BrN2O3S/c1-16-11-12-20(13-17(16)2)25(29(27,28)21-9-4-3-5-10-21)15-22(26)24-19-8-6-7-18(23)14-19/h3-14H,15H2,1-2H3,(H,24,26). The molecular formula is C22H21BrN2O3S. The van der Waals surface area contributed by atoms with Crippen LogP contribution in [0.5, 0.6) is 0 Å². The van der Waals surface area contributed by atoms with E-state index in [4.69, 9.17) is 0 Å². The topological polar surface area (TPSA) is 66.5 Å². The lowest BCUT2D eigenvalue weighted by atomic mass is 10.1. The molecule has 0 unspecified atom stereocenters. The zero-order valence-corrected chi connectivity index (χ0v) is 18.5. The maximum Gasteiger partial charge on any atom is 0.264 e. The molecule has 0 fully saturated rings. The molecule has 0 saturated heterocycles. The minimum Gasteiger partial charge on any atom is -0.324 e. The second-order valence-electron chi connectivity index (χ2n) is 6.65. The summed E-state index contributed by atoms with van der Waals surface area (Å²) >= 11 is 3.36. The van der Waals surface area contributed by atoms with E-state index in [2.05, 4.69) is 21.2 Å². The first-order chi connectivity index (χ1) is 13.8.